The molecule has 2 aliphatic heterocycles. The molecule has 2 aliphatic rings. The number of nitrogens with one attached hydrogen (secondary N) is 2. The van der Waals surface area contributed by atoms with Crippen molar-refractivity contribution in [3.8, 4) is 5.75 Å². The lowest BCUT2D eigenvalue weighted by atomic mass is 9.99. The van der Waals surface area contributed by atoms with E-state index in [1.54, 1.807) is 4.57 Å². The molecule has 1 aromatic heterocycles. The highest BCUT2D eigenvalue weighted by Crippen LogP contribution is 2.36. The molecule has 2 N–H and O–H groups in total. The van der Waals surface area contributed by atoms with Crippen LogP contribution in [0.5, 0.6) is 5.75 Å². The number of ether oxygens (including phenoxy) is 1. The number of amides is 1. The molecule has 0 unspecified atom stereocenters. The predicted molar refractivity (Wildman–Crippen MR) is 155 cm³/mol. The summed E-state index contributed by atoms with van der Waals surface area (Å²) in [6.45, 7) is 3.29. The Labute approximate surface area is 228 Å². The number of rotatable bonds is 8. The van der Waals surface area contributed by atoms with Crippen molar-refractivity contribution in [3.63, 3.8) is 0 Å². The van der Waals surface area contributed by atoms with Crippen LogP contribution in [0.25, 0.3) is 10.9 Å². The molecule has 1 fully saturated rings. The average Bonchev–Trinajstić information content (AvgIpc) is 3.34. The zero-order valence-corrected chi connectivity index (χ0v) is 22.2. The zero-order valence-electron chi connectivity index (χ0n) is 22.2. The van der Waals surface area contributed by atoms with Crippen molar-refractivity contribution < 1.29 is 13.9 Å². The number of para-hydroxylation sites is 2. The van der Waals surface area contributed by atoms with Gasteiger partial charge in [0.1, 0.15) is 24.2 Å². The second-order valence-corrected chi connectivity index (χ2v) is 10.4. The Bertz CT molecular complexity index is 1440. The minimum Gasteiger partial charge on any atom is -0.490 e. The molecule has 1 amide bonds. The van der Waals surface area contributed by atoms with Crippen molar-refractivity contribution in [2.45, 2.75) is 44.9 Å². The lowest BCUT2D eigenvalue weighted by Gasteiger charge is -2.33. The van der Waals surface area contributed by atoms with Gasteiger partial charge in [0.05, 0.1) is 17.9 Å². The molecule has 6 rings (SSSR count). The minimum absolute atomic E-state index is 0.145. The Morgan fingerprint density at radius 1 is 1.03 bits per heavy atom. The number of alkyl halides is 1. The normalized spacial score (nSPS) is 15.8. The summed E-state index contributed by atoms with van der Waals surface area (Å²) in [6, 6.07) is 24.1. The summed E-state index contributed by atoms with van der Waals surface area (Å²) >= 11 is 0. The van der Waals surface area contributed by atoms with E-state index in [1.807, 2.05) is 42.5 Å². The Morgan fingerprint density at radius 3 is 2.67 bits per heavy atom. The molecule has 7 heteroatoms. The van der Waals surface area contributed by atoms with Gasteiger partial charge in [0.25, 0.3) is 5.91 Å². The zero-order chi connectivity index (χ0) is 26.6. The maximum atomic E-state index is 13.5. The van der Waals surface area contributed by atoms with E-state index in [0.717, 1.165) is 79.9 Å². The van der Waals surface area contributed by atoms with E-state index >= 15 is 0 Å². The molecule has 4 aromatic rings. The second-order valence-electron chi connectivity index (χ2n) is 10.4. The van der Waals surface area contributed by atoms with Crippen LogP contribution >= 0.6 is 0 Å². The largest absolute Gasteiger partial charge is 0.490 e. The van der Waals surface area contributed by atoms with Crippen molar-refractivity contribution >= 4 is 28.2 Å². The highest BCUT2D eigenvalue weighted by Gasteiger charge is 2.23. The van der Waals surface area contributed by atoms with Gasteiger partial charge in [-0.05, 0) is 80.2 Å². The first-order valence-corrected chi connectivity index (χ1v) is 14.0. The molecule has 1 saturated heterocycles. The first-order chi connectivity index (χ1) is 19.2. The van der Waals surface area contributed by atoms with Crippen molar-refractivity contribution in [2.24, 2.45) is 0 Å². The third-order valence-corrected chi connectivity index (χ3v) is 7.80. The fourth-order valence-electron chi connectivity index (χ4n) is 5.91. The van der Waals surface area contributed by atoms with Crippen LogP contribution in [0.1, 0.15) is 40.9 Å². The molecule has 3 aromatic carbocycles. The summed E-state index contributed by atoms with van der Waals surface area (Å²) < 4.78 is 21.4. The topological polar surface area (TPSA) is 58.5 Å². The number of nitrogens with zero attached hydrogens (tertiary/aromatic N) is 2. The van der Waals surface area contributed by atoms with Gasteiger partial charge >= 0.3 is 0 Å². The van der Waals surface area contributed by atoms with Crippen molar-refractivity contribution in [1.82, 2.24) is 9.88 Å². The van der Waals surface area contributed by atoms with E-state index in [0.29, 0.717) is 5.69 Å². The molecule has 0 atom stereocenters. The minimum atomic E-state index is -0.533. The van der Waals surface area contributed by atoms with Crippen LogP contribution in [-0.4, -0.2) is 42.9 Å². The molecular weight excluding hydrogens is 491 g/mol. The molecular formula is C32H35FN4O2. The number of hydrogen-bond donors (Lipinski definition) is 2. The van der Waals surface area contributed by atoms with Crippen LogP contribution < -0.4 is 20.3 Å². The summed E-state index contributed by atoms with van der Waals surface area (Å²) in [5, 5.41) is 7.47. The molecule has 202 valence electrons. The number of aromatic nitrogens is 1. The van der Waals surface area contributed by atoms with Gasteiger partial charge in [0.15, 0.2) is 0 Å². The monoisotopic (exact) mass is 526 g/mol. The van der Waals surface area contributed by atoms with Gasteiger partial charge in [0.2, 0.25) is 0 Å². The van der Waals surface area contributed by atoms with E-state index < -0.39 is 6.67 Å². The maximum absolute atomic E-state index is 13.5. The number of hydrogen-bond acceptors (Lipinski definition) is 4. The van der Waals surface area contributed by atoms with Crippen LogP contribution in [0.2, 0.25) is 0 Å². The van der Waals surface area contributed by atoms with Gasteiger partial charge in [-0.3, -0.25) is 4.79 Å². The number of halogens is 1. The maximum Gasteiger partial charge on any atom is 0.272 e. The molecule has 3 heterocycles. The van der Waals surface area contributed by atoms with E-state index in [-0.39, 0.29) is 18.6 Å². The molecule has 0 aliphatic carbocycles. The van der Waals surface area contributed by atoms with Gasteiger partial charge < -0.3 is 24.8 Å². The summed E-state index contributed by atoms with van der Waals surface area (Å²) in [7, 11) is 0. The number of carbonyl (C=O) groups is 1. The molecule has 0 spiro atoms. The van der Waals surface area contributed by atoms with Gasteiger partial charge in [-0.1, -0.05) is 42.5 Å². The Hall–Kier alpha value is -3.84. The standard InChI is InChI=1S/C32H35FN4O2/c33-16-20-37-29-9-2-1-5-25(29)21-30(37)32(38)35-28-8-3-6-24-7-4-19-36(31(24)28)22-23-10-12-26(13-11-23)39-27-14-17-34-18-15-27/h1-3,5-6,8-13,21,27,34H,4,7,14-20,22H2,(H,35,38). The molecule has 39 heavy (non-hydrogen) atoms. The van der Waals surface area contributed by atoms with Crippen LogP contribution in [0.3, 0.4) is 0 Å². The van der Waals surface area contributed by atoms with Crippen LogP contribution in [-0.2, 0) is 19.5 Å². The molecule has 6 nitrogen and oxygen atoms in total. The summed E-state index contributed by atoms with van der Waals surface area (Å²) in [4.78, 5) is 15.9. The third kappa shape index (κ3) is 5.50. The first-order valence-electron chi connectivity index (χ1n) is 14.0. The van der Waals surface area contributed by atoms with E-state index in [4.69, 9.17) is 4.74 Å². The Morgan fingerprint density at radius 2 is 1.85 bits per heavy atom. The highest BCUT2D eigenvalue weighted by molar-refractivity contribution is 6.08. The lowest BCUT2D eigenvalue weighted by Crippen LogP contribution is -2.34. The first kappa shape index (κ1) is 25.4. The Balaban J connectivity index is 1.22. The van der Waals surface area contributed by atoms with E-state index in [9.17, 15) is 9.18 Å². The van der Waals surface area contributed by atoms with Crippen LogP contribution in [0.4, 0.5) is 15.8 Å². The van der Waals surface area contributed by atoms with Crippen molar-refractivity contribution in [1.29, 1.82) is 0 Å². The summed E-state index contributed by atoms with van der Waals surface area (Å²) in [6.07, 6.45) is 4.39. The van der Waals surface area contributed by atoms with Crippen LogP contribution in [0, 0.1) is 0 Å². The predicted octanol–water partition coefficient (Wildman–Crippen LogP) is 5.95. The fraction of sp³-hybridized carbons (Fsp3) is 0.344. The van der Waals surface area contributed by atoms with Crippen molar-refractivity contribution in [2.75, 3.05) is 36.5 Å². The highest BCUT2D eigenvalue weighted by atomic mass is 19.1. The third-order valence-electron chi connectivity index (χ3n) is 7.80. The van der Waals surface area contributed by atoms with Crippen LogP contribution in [0.15, 0.2) is 72.8 Å². The second kappa shape index (κ2) is 11.5. The number of piperidine rings is 1. The number of fused-ring (bicyclic) bond motifs is 2. The SMILES string of the molecule is O=C(Nc1cccc2c1N(Cc1ccc(OC3CCNCC3)cc1)CCC2)c1cc2ccccc2n1CCF. The van der Waals surface area contributed by atoms with Crippen molar-refractivity contribution in [3.05, 3.63) is 89.6 Å². The Kier molecular flexibility index (Phi) is 7.50. The smallest absolute Gasteiger partial charge is 0.272 e. The average molecular weight is 527 g/mol. The fourth-order valence-corrected chi connectivity index (χ4v) is 5.91. The summed E-state index contributed by atoms with van der Waals surface area (Å²) in [5.41, 5.74) is 5.63. The van der Waals surface area contributed by atoms with E-state index in [1.165, 1.54) is 11.1 Å². The van der Waals surface area contributed by atoms with E-state index in [2.05, 4.69) is 45.9 Å². The van der Waals surface area contributed by atoms with Gasteiger partial charge in [0, 0.05) is 24.0 Å². The summed E-state index contributed by atoms with van der Waals surface area (Å²) in [5.74, 6) is 0.694. The quantitative estimate of drug-likeness (QED) is 0.298. The number of benzene rings is 3. The van der Waals surface area contributed by atoms with Gasteiger partial charge in [-0.25, -0.2) is 4.39 Å². The number of anilines is 2. The van der Waals surface area contributed by atoms with Gasteiger partial charge in [-0.15, -0.1) is 0 Å². The number of carbonyl (C=O) groups excluding carboxylic acids is 1. The molecule has 0 bridgehead atoms. The molecule has 0 radical (unpaired) electrons. The lowest BCUT2D eigenvalue weighted by molar-refractivity contribution is 0.101. The molecule has 0 saturated carbocycles. The van der Waals surface area contributed by atoms with Gasteiger partial charge in [-0.2, -0.15) is 0 Å². The number of aryl methyl sites for hydroxylation is 2.